The number of Topliss-reactive ketones (excluding diaryl/α,β-unsaturated/α-hetero) is 2. The van der Waals surface area contributed by atoms with Crippen LogP contribution in [-0.4, -0.2) is 11.6 Å². The zero-order valence-electron chi connectivity index (χ0n) is 11.4. The molecule has 0 saturated heterocycles. The highest BCUT2D eigenvalue weighted by Gasteiger charge is 2.14. The van der Waals surface area contributed by atoms with E-state index in [-0.39, 0.29) is 11.6 Å². The summed E-state index contributed by atoms with van der Waals surface area (Å²) in [5.74, 6) is -0.658. The molecule has 0 atom stereocenters. The molecule has 0 heterocycles. The Labute approximate surface area is 119 Å². The summed E-state index contributed by atoms with van der Waals surface area (Å²) < 4.78 is 0. The van der Waals surface area contributed by atoms with Gasteiger partial charge >= 0.3 is 0 Å². The fourth-order valence-electron chi connectivity index (χ4n) is 2.12. The van der Waals surface area contributed by atoms with Crippen molar-refractivity contribution in [3.05, 3.63) is 71.8 Å². The number of unbranched alkanes of at least 4 members (excludes halogenated alkanes) is 1. The van der Waals surface area contributed by atoms with Gasteiger partial charge in [-0.3, -0.25) is 9.59 Å². The lowest BCUT2D eigenvalue weighted by atomic mass is 10.0. The summed E-state index contributed by atoms with van der Waals surface area (Å²) in [7, 11) is 0. The van der Waals surface area contributed by atoms with E-state index in [1.54, 1.807) is 24.3 Å². The third-order valence-corrected chi connectivity index (χ3v) is 3.25. The van der Waals surface area contributed by atoms with Crippen molar-refractivity contribution < 1.29 is 9.59 Å². The van der Waals surface area contributed by atoms with Crippen LogP contribution in [0.1, 0.15) is 35.2 Å². The summed E-state index contributed by atoms with van der Waals surface area (Å²) in [6.07, 6.45) is 2.97. The molecular weight excluding hydrogens is 248 g/mol. The molecule has 2 heteroatoms. The lowest BCUT2D eigenvalue weighted by Crippen LogP contribution is -2.13. The molecule has 2 aromatic rings. The Morgan fingerprint density at radius 1 is 0.750 bits per heavy atom. The van der Waals surface area contributed by atoms with Gasteiger partial charge in [-0.25, -0.2) is 0 Å². The SMILES string of the molecule is O=C(CCCCc1ccccc1)C(=O)c1ccccc1. The van der Waals surface area contributed by atoms with Crippen molar-refractivity contribution in [3.8, 4) is 0 Å². The fourth-order valence-corrected chi connectivity index (χ4v) is 2.12. The molecule has 2 rings (SSSR count). The third kappa shape index (κ3) is 4.16. The molecule has 0 unspecified atom stereocenters. The standard InChI is InChI=1S/C18H18O2/c19-17(18(20)16-12-5-2-6-13-16)14-8-7-11-15-9-3-1-4-10-15/h1-6,9-10,12-13H,7-8,11,14H2. The van der Waals surface area contributed by atoms with Gasteiger partial charge in [0.05, 0.1) is 0 Å². The highest BCUT2D eigenvalue weighted by atomic mass is 16.2. The maximum absolute atomic E-state index is 11.9. The van der Waals surface area contributed by atoms with E-state index in [9.17, 15) is 9.59 Å². The average molecular weight is 266 g/mol. The summed E-state index contributed by atoms with van der Waals surface area (Å²) in [5, 5.41) is 0. The van der Waals surface area contributed by atoms with Crippen LogP contribution in [-0.2, 0) is 11.2 Å². The minimum absolute atomic E-state index is 0.288. The van der Waals surface area contributed by atoms with E-state index < -0.39 is 0 Å². The Bertz CT molecular complexity index is 558. The minimum Gasteiger partial charge on any atom is -0.290 e. The molecule has 0 bridgehead atoms. The van der Waals surface area contributed by atoms with Gasteiger partial charge in [-0.1, -0.05) is 60.7 Å². The van der Waals surface area contributed by atoms with Crippen LogP contribution < -0.4 is 0 Å². The smallest absolute Gasteiger partial charge is 0.228 e. The van der Waals surface area contributed by atoms with Gasteiger partial charge in [0.2, 0.25) is 11.6 Å². The Hall–Kier alpha value is -2.22. The normalized spacial score (nSPS) is 10.2. The Morgan fingerprint density at radius 3 is 2.00 bits per heavy atom. The van der Waals surface area contributed by atoms with Gasteiger partial charge in [0.25, 0.3) is 0 Å². The zero-order chi connectivity index (χ0) is 14.2. The molecule has 0 amide bonds. The Kier molecular flexibility index (Phi) is 5.24. The number of benzene rings is 2. The van der Waals surface area contributed by atoms with Gasteiger partial charge in [0, 0.05) is 12.0 Å². The van der Waals surface area contributed by atoms with Crippen molar-refractivity contribution in [2.45, 2.75) is 25.7 Å². The van der Waals surface area contributed by atoms with Crippen molar-refractivity contribution in [2.75, 3.05) is 0 Å². The maximum atomic E-state index is 11.9. The number of aryl methyl sites for hydroxylation is 1. The number of hydrogen-bond donors (Lipinski definition) is 0. The molecule has 0 aliphatic rings. The molecule has 20 heavy (non-hydrogen) atoms. The van der Waals surface area contributed by atoms with Crippen LogP contribution in [0.5, 0.6) is 0 Å². The molecule has 0 aliphatic heterocycles. The molecule has 2 nitrogen and oxygen atoms in total. The molecule has 0 aliphatic carbocycles. The van der Waals surface area contributed by atoms with E-state index in [0.29, 0.717) is 12.0 Å². The van der Waals surface area contributed by atoms with E-state index >= 15 is 0 Å². The van der Waals surface area contributed by atoms with Gasteiger partial charge < -0.3 is 0 Å². The predicted octanol–water partition coefficient (Wildman–Crippen LogP) is 3.85. The molecule has 0 N–H and O–H groups in total. The van der Waals surface area contributed by atoms with E-state index in [0.717, 1.165) is 19.3 Å². The fraction of sp³-hybridized carbons (Fsp3) is 0.222. The van der Waals surface area contributed by atoms with Crippen molar-refractivity contribution in [1.29, 1.82) is 0 Å². The van der Waals surface area contributed by atoms with Crippen LogP contribution in [0.2, 0.25) is 0 Å². The first-order valence-electron chi connectivity index (χ1n) is 6.94. The topological polar surface area (TPSA) is 34.1 Å². The lowest BCUT2D eigenvalue weighted by Gasteiger charge is -2.02. The molecule has 102 valence electrons. The highest BCUT2D eigenvalue weighted by Crippen LogP contribution is 2.09. The summed E-state index contributed by atoms with van der Waals surface area (Å²) in [6.45, 7) is 0. The molecular formula is C18H18O2. The van der Waals surface area contributed by atoms with Crippen LogP contribution in [0, 0.1) is 0 Å². The Balaban J connectivity index is 1.74. The van der Waals surface area contributed by atoms with Crippen LogP contribution in [0.15, 0.2) is 60.7 Å². The van der Waals surface area contributed by atoms with Crippen LogP contribution in [0.4, 0.5) is 0 Å². The first-order valence-corrected chi connectivity index (χ1v) is 6.94. The van der Waals surface area contributed by atoms with Crippen molar-refractivity contribution in [2.24, 2.45) is 0 Å². The van der Waals surface area contributed by atoms with Crippen molar-refractivity contribution in [1.82, 2.24) is 0 Å². The second-order valence-electron chi connectivity index (χ2n) is 4.81. The van der Waals surface area contributed by atoms with Gasteiger partial charge in [-0.15, -0.1) is 0 Å². The van der Waals surface area contributed by atoms with Gasteiger partial charge in [0.15, 0.2) is 0 Å². The monoisotopic (exact) mass is 266 g/mol. The summed E-state index contributed by atoms with van der Waals surface area (Å²) in [6, 6.07) is 18.9. The molecule has 2 aromatic carbocycles. The van der Waals surface area contributed by atoms with Crippen molar-refractivity contribution >= 4 is 11.6 Å². The van der Waals surface area contributed by atoms with Crippen LogP contribution in [0.3, 0.4) is 0 Å². The maximum Gasteiger partial charge on any atom is 0.228 e. The van der Waals surface area contributed by atoms with E-state index in [1.807, 2.05) is 24.3 Å². The molecule has 0 fully saturated rings. The van der Waals surface area contributed by atoms with Gasteiger partial charge in [-0.05, 0) is 24.8 Å². The predicted molar refractivity (Wildman–Crippen MR) is 79.8 cm³/mol. The van der Waals surface area contributed by atoms with Gasteiger partial charge in [-0.2, -0.15) is 0 Å². The van der Waals surface area contributed by atoms with Crippen LogP contribution in [0.25, 0.3) is 0 Å². The van der Waals surface area contributed by atoms with E-state index in [1.165, 1.54) is 5.56 Å². The second-order valence-corrected chi connectivity index (χ2v) is 4.81. The zero-order valence-corrected chi connectivity index (χ0v) is 11.4. The van der Waals surface area contributed by atoms with E-state index in [2.05, 4.69) is 12.1 Å². The van der Waals surface area contributed by atoms with Crippen LogP contribution >= 0.6 is 0 Å². The molecule has 0 spiro atoms. The molecule has 0 saturated carbocycles. The minimum atomic E-state index is -0.370. The number of rotatable bonds is 7. The highest BCUT2D eigenvalue weighted by molar-refractivity contribution is 6.43. The molecule has 0 aromatic heterocycles. The Morgan fingerprint density at radius 2 is 1.35 bits per heavy atom. The summed E-state index contributed by atoms with van der Waals surface area (Å²) in [5.41, 5.74) is 1.76. The largest absolute Gasteiger partial charge is 0.290 e. The quantitative estimate of drug-likeness (QED) is 0.433. The van der Waals surface area contributed by atoms with E-state index in [4.69, 9.17) is 0 Å². The lowest BCUT2D eigenvalue weighted by molar-refractivity contribution is -0.115. The number of ketones is 2. The summed E-state index contributed by atoms with van der Waals surface area (Å²) in [4.78, 5) is 23.7. The number of carbonyl (C=O) groups is 2. The first kappa shape index (κ1) is 14.2. The second kappa shape index (κ2) is 7.39. The van der Waals surface area contributed by atoms with Crippen molar-refractivity contribution in [3.63, 3.8) is 0 Å². The number of hydrogen-bond acceptors (Lipinski definition) is 2. The first-order chi connectivity index (χ1) is 9.77. The third-order valence-electron chi connectivity index (χ3n) is 3.25. The van der Waals surface area contributed by atoms with Gasteiger partial charge in [0.1, 0.15) is 0 Å². The molecule has 0 radical (unpaired) electrons. The average Bonchev–Trinajstić information content (AvgIpc) is 2.52. The number of carbonyl (C=O) groups excluding carboxylic acids is 2. The summed E-state index contributed by atoms with van der Waals surface area (Å²) >= 11 is 0.